The Morgan fingerprint density at radius 3 is 2.10 bits per heavy atom. The molecule has 0 aliphatic rings. The Morgan fingerprint density at radius 2 is 1.61 bits per heavy atom. The molecule has 0 radical (unpaired) electrons. The van der Waals surface area contributed by atoms with E-state index in [4.69, 9.17) is 22.1 Å². The van der Waals surface area contributed by atoms with Crippen molar-refractivity contribution in [2.24, 2.45) is 5.73 Å². The lowest BCUT2D eigenvalue weighted by Gasteiger charge is -2.44. The first kappa shape index (κ1) is 33.6. The molecule has 2 unspecified atom stereocenters. The summed E-state index contributed by atoms with van der Waals surface area (Å²) in [6.07, 6.45) is -0.122. The van der Waals surface area contributed by atoms with Crippen LogP contribution in [0.5, 0.6) is 0 Å². The first-order valence-corrected chi connectivity index (χ1v) is 14.1. The van der Waals surface area contributed by atoms with Gasteiger partial charge in [0.1, 0.15) is 17.7 Å². The highest BCUT2D eigenvalue weighted by molar-refractivity contribution is 6.34. The number of hydrogen-bond donors (Lipinski definition) is 3. The maximum atomic E-state index is 14.4. The summed E-state index contributed by atoms with van der Waals surface area (Å²) in [5.74, 6) is -1.96. The van der Waals surface area contributed by atoms with Crippen molar-refractivity contribution >= 4 is 41.1 Å². The van der Waals surface area contributed by atoms with E-state index in [0.717, 1.165) is 17.5 Å². The lowest BCUT2D eigenvalue weighted by atomic mass is 9.91. The number of aryl methyl sites for hydroxylation is 2. The van der Waals surface area contributed by atoms with E-state index in [-0.39, 0.29) is 0 Å². The van der Waals surface area contributed by atoms with Crippen LogP contribution >= 0.6 is 11.6 Å². The average Bonchev–Trinajstić information content (AvgIpc) is 2.87. The van der Waals surface area contributed by atoms with E-state index in [2.05, 4.69) is 10.6 Å². The van der Waals surface area contributed by atoms with Crippen molar-refractivity contribution < 1.29 is 23.9 Å². The van der Waals surface area contributed by atoms with E-state index in [1.54, 1.807) is 45.0 Å². The lowest BCUT2D eigenvalue weighted by molar-refractivity contribution is -0.148. The summed E-state index contributed by atoms with van der Waals surface area (Å²) in [6, 6.07) is 10.2. The number of nitrogens with two attached hydrogens (primary N) is 1. The number of carbonyl (C=O) groups is 4. The number of amides is 4. The minimum atomic E-state index is -1.37. The third-order valence-electron chi connectivity index (χ3n) is 6.83. The quantitative estimate of drug-likeness (QED) is 0.312. The summed E-state index contributed by atoms with van der Waals surface area (Å²) in [4.78, 5) is 54.7. The number of rotatable bonds is 11. The minimum Gasteiger partial charge on any atom is -0.444 e. The molecule has 224 valence electrons. The normalized spacial score (nSPS) is 13.1. The molecule has 0 aromatic heterocycles. The maximum Gasteiger partial charge on any atom is 0.408 e. The van der Waals surface area contributed by atoms with Crippen molar-refractivity contribution in [3.05, 3.63) is 64.2 Å². The summed E-state index contributed by atoms with van der Waals surface area (Å²) in [6.45, 7) is 14.4. The maximum absolute atomic E-state index is 14.4. The Hall–Kier alpha value is -3.59. The van der Waals surface area contributed by atoms with Gasteiger partial charge in [-0.1, -0.05) is 61.8 Å². The van der Waals surface area contributed by atoms with E-state index in [1.165, 1.54) is 4.90 Å². The summed E-state index contributed by atoms with van der Waals surface area (Å²) < 4.78 is 5.35. The smallest absolute Gasteiger partial charge is 0.408 e. The molecular weight excluding hydrogens is 544 g/mol. The molecule has 2 aromatic carbocycles. The second-order valence-electron chi connectivity index (χ2n) is 11.7. The molecule has 4 N–H and O–H groups in total. The van der Waals surface area contributed by atoms with Gasteiger partial charge < -0.3 is 26.0 Å². The van der Waals surface area contributed by atoms with Crippen LogP contribution in [0.15, 0.2) is 42.5 Å². The van der Waals surface area contributed by atoms with E-state index < -0.39 is 53.5 Å². The first-order chi connectivity index (χ1) is 19.0. The van der Waals surface area contributed by atoms with Crippen LogP contribution in [0.4, 0.5) is 10.5 Å². The van der Waals surface area contributed by atoms with Crippen LogP contribution in [-0.2, 0) is 25.5 Å². The molecule has 0 aliphatic carbocycles. The highest BCUT2D eigenvalue weighted by Crippen LogP contribution is 2.35. The number of carbonyl (C=O) groups excluding carboxylic acids is 4. The van der Waals surface area contributed by atoms with Gasteiger partial charge in [0.2, 0.25) is 11.8 Å². The van der Waals surface area contributed by atoms with Crippen LogP contribution in [0, 0.1) is 6.92 Å². The largest absolute Gasteiger partial charge is 0.444 e. The number of primary amides is 1. The van der Waals surface area contributed by atoms with E-state index in [1.807, 2.05) is 52.8 Å². The standard InChI is InChI=1S/C31H43ClN4O5/c1-9-20-14-16-21(17-15-20)26(27(38)35-25-19(3)12-11-13-22(25)32)36(31(7,8)10-2)28(39)23(18-24(33)37)34-29(40)41-30(4,5)6/h11-17,23,26H,9-10,18H2,1-8H3,(H2,33,37)(H,34,40)(H,35,38). The third-order valence-corrected chi connectivity index (χ3v) is 7.14. The number of nitrogens with zero attached hydrogens (tertiary/aromatic N) is 1. The van der Waals surface area contributed by atoms with Gasteiger partial charge in [-0.25, -0.2) is 4.79 Å². The van der Waals surface area contributed by atoms with Crippen molar-refractivity contribution in [3.8, 4) is 0 Å². The molecule has 0 spiro atoms. The van der Waals surface area contributed by atoms with E-state index >= 15 is 0 Å². The molecule has 0 saturated heterocycles. The molecule has 2 atom stereocenters. The van der Waals surface area contributed by atoms with E-state index in [0.29, 0.717) is 22.7 Å². The van der Waals surface area contributed by atoms with Gasteiger partial charge in [0.15, 0.2) is 0 Å². The molecule has 0 aliphatic heterocycles. The van der Waals surface area contributed by atoms with Crippen LogP contribution in [0.3, 0.4) is 0 Å². The topological polar surface area (TPSA) is 131 Å². The Kier molecular flexibility index (Phi) is 11.4. The number of alkyl carbamates (subject to hydrolysis) is 1. The first-order valence-electron chi connectivity index (χ1n) is 13.8. The van der Waals surface area contributed by atoms with Gasteiger partial charge >= 0.3 is 6.09 Å². The van der Waals surface area contributed by atoms with Gasteiger partial charge in [-0.3, -0.25) is 14.4 Å². The predicted molar refractivity (Wildman–Crippen MR) is 162 cm³/mol. The van der Waals surface area contributed by atoms with Gasteiger partial charge in [0.05, 0.1) is 17.1 Å². The molecule has 2 aromatic rings. The Labute approximate surface area is 248 Å². The average molecular weight is 587 g/mol. The van der Waals surface area contributed by atoms with Crippen LogP contribution in [0.25, 0.3) is 0 Å². The van der Waals surface area contributed by atoms with Crippen molar-refractivity contribution in [1.82, 2.24) is 10.2 Å². The van der Waals surface area contributed by atoms with Crippen LogP contribution in [0.1, 0.15) is 84.0 Å². The fourth-order valence-corrected chi connectivity index (χ4v) is 4.57. The highest BCUT2D eigenvalue weighted by atomic mass is 35.5. The fourth-order valence-electron chi connectivity index (χ4n) is 4.30. The van der Waals surface area contributed by atoms with Gasteiger partial charge in [0.25, 0.3) is 5.91 Å². The Morgan fingerprint density at radius 1 is 1.00 bits per heavy atom. The molecular formula is C31H43ClN4O5. The molecule has 0 bridgehead atoms. The van der Waals surface area contributed by atoms with E-state index in [9.17, 15) is 19.2 Å². The molecule has 0 heterocycles. The van der Waals surface area contributed by atoms with Gasteiger partial charge in [0, 0.05) is 5.54 Å². The number of nitrogens with one attached hydrogen (secondary N) is 2. The summed E-state index contributed by atoms with van der Waals surface area (Å²) in [7, 11) is 0. The summed E-state index contributed by atoms with van der Waals surface area (Å²) >= 11 is 6.43. The molecule has 9 nitrogen and oxygen atoms in total. The SMILES string of the molecule is CCc1ccc(C(C(=O)Nc2c(C)cccc2Cl)N(C(=O)C(CC(N)=O)NC(=O)OC(C)(C)C)C(C)(C)CC)cc1. The van der Waals surface area contributed by atoms with Crippen LogP contribution in [0.2, 0.25) is 5.02 Å². The molecule has 0 saturated carbocycles. The van der Waals surface area contributed by atoms with Crippen molar-refractivity contribution in [3.63, 3.8) is 0 Å². The summed E-state index contributed by atoms with van der Waals surface area (Å²) in [5.41, 5.74) is 6.53. The lowest BCUT2D eigenvalue weighted by Crippen LogP contribution is -2.59. The van der Waals surface area contributed by atoms with Gasteiger partial charge in [-0.15, -0.1) is 0 Å². The number of ether oxygens (including phenoxy) is 1. The number of para-hydroxylation sites is 1. The second-order valence-corrected chi connectivity index (χ2v) is 12.1. The Balaban J connectivity index is 2.70. The zero-order valence-corrected chi connectivity index (χ0v) is 26.0. The minimum absolute atomic E-state index is 0.351. The van der Waals surface area contributed by atoms with Gasteiger partial charge in [-0.2, -0.15) is 0 Å². The van der Waals surface area contributed by atoms with Crippen molar-refractivity contribution in [1.29, 1.82) is 0 Å². The molecule has 4 amide bonds. The zero-order valence-electron chi connectivity index (χ0n) is 25.3. The summed E-state index contributed by atoms with van der Waals surface area (Å²) in [5, 5.41) is 5.78. The van der Waals surface area contributed by atoms with Gasteiger partial charge in [-0.05, 0) is 77.1 Å². The number of benzene rings is 2. The Bertz CT molecular complexity index is 1230. The number of hydrogen-bond acceptors (Lipinski definition) is 5. The number of halogens is 1. The molecule has 41 heavy (non-hydrogen) atoms. The monoisotopic (exact) mass is 586 g/mol. The highest BCUT2D eigenvalue weighted by Gasteiger charge is 2.43. The molecule has 10 heteroatoms. The third kappa shape index (κ3) is 9.21. The predicted octanol–water partition coefficient (Wildman–Crippen LogP) is 5.68. The zero-order chi connectivity index (χ0) is 31.1. The van der Waals surface area contributed by atoms with Crippen molar-refractivity contribution in [2.45, 2.75) is 97.9 Å². The van der Waals surface area contributed by atoms with Crippen LogP contribution < -0.4 is 16.4 Å². The van der Waals surface area contributed by atoms with Crippen LogP contribution in [-0.4, -0.2) is 45.9 Å². The second kappa shape index (κ2) is 13.9. The van der Waals surface area contributed by atoms with Crippen molar-refractivity contribution in [2.75, 3.05) is 5.32 Å². The number of anilines is 1. The molecule has 0 fully saturated rings. The molecule has 2 rings (SSSR count). The fraction of sp³-hybridized carbons (Fsp3) is 0.484.